The number of halogens is 3. The zero-order chi connectivity index (χ0) is 21.6. The molecule has 0 spiro atoms. The molecule has 0 atom stereocenters. The van der Waals surface area contributed by atoms with Gasteiger partial charge in [-0.25, -0.2) is 0 Å². The first-order valence-corrected chi connectivity index (χ1v) is 9.72. The average molecular weight is 421 g/mol. The molecule has 1 fully saturated rings. The minimum absolute atomic E-state index is 0.0552. The second kappa shape index (κ2) is 9.28. The van der Waals surface area contributed by atoms with Crippen LogP contribution in [0.25, 0.3) is 0 Å². The van der Waals surface area contributed by atoms with E-state index in [-0.39, 0.29) is 16.9 Å². The number of benzene rings is 2. The maximum absolute atomic E-state index is 12.4. The Morgan fingerprint density at radius 1 is 1.07 bits per heavy atom. The molecule has 2 aromatic carbocycles. The highest BCUT2D eigenvalue weighted by Crippen LogP contribution is 2.47. The van der Waals surface area contributed by atoms with Crippen LogP contribution in [-0.4, -0.2) is 39.4 Å². The third kappa shape index (κ3) is 5.81. The van der Waals surface area contributed by atoms with Crippen molar-refractivity contribution in [2.75, 3.05) is 27.3 Å². The normalized spacial score (nSPS) is 15.4. The Kier molecular flexibility index (Phi) is 6.74. The number of nitrogens with one attached hydrogen (secondary N) is 2. The average Bonchev–Trinajstić information content (AvgIpc) is 3.54. The van der Waals surface area contributed by atoms with Crippen molar-refractivity contribution in [1.82, 2.24) is 10.6 Å². The second-order valence-corrected chi connectivity index (χ2v) is 7.31. The maximum atomic E-state index is 12.4. The number of guanidine groups is 1. The molecule has 2 N–H and O–H groups in total. The Balaban J connectivity index is 1.55. The topological polar surface area (TPSA) is 54.9 Å². The van der Waals surface area contributed by atoms with Crippen molar-refractivity contribution in [3.05, 3.63) is 59.7 Å². The molecule has 8 heteroatoms. The molecule has 5 nitrogen and oxygen atoms in total. The summed E-state index contributed by atoms with van der Waals surface area (Å²) in [7, 11) is 3.10. The van der Waals surface area contributed by atoms with Crippen molar-refractivity contribution in [2.45, 2.75) is 31.0 Å². The van der Waals surface area contributed by atoms with Crippen LogP contribution in [0.2, 0.25) is 0 Å². The monoisotopic (exact) mass is 421 g/mol. The Morgan fingerprint density at radius 2 is 1.80 bits per heavy atom. The first-order chi connectivity index (χ1) is 14.3. The lowest BCUT2D eigenvalue weighted by molar-refractivity contribution is -0.153. The fourth-order valence-corrected chi connectivity index (χ4v) is 3.27. The van der Waals surface area contributed by atoms with Crippen molar-refractivity contribution in [1.29, 1.82) is 0 Å². The maximum Gasteiger partial charge on any atom is 0.422 e. The molecule has 0 heterocycles. The van der Waals surface area contributed by atoms with Crippen LogP contribution in [0.3, 0.4) is 0 Å². The van der Waals surface area contributed by atoms with Gasteiger partial charge in [-0.05, 0) is 36.1 Å². The SMILES string of the molecule is CN=C(NCc1ccc(OCC(F)(F)F)c(OC)c1)NCC1(c2ccccc2)CC1. The van der Waals surface area contributed by atoms with E-state index in [0.717, 1.165) is 24.9 Å². The van der Waals surface area contributed by atoms with Crippen LogP contribution in [0.4, 0.5) is 13.2 Å². The summed E-state index contributed by atoms with van der Waals surface area (Å²) in [4.78, 5) is 4.26. The summed E-state index contributed by atoms with van der Waals surface area (Å²) in [5.41, 5.74) is 2.31. The smallest absolute Gasteiger partial charge is 0.422 e. The standard InChI is InChI=1S/C22H26F3N3O2/c1-26-20(28-14-21(10-11-21)17-6-4-3-5-7-17)27-13-16-8-9-18(19(12-16)29-2)30-15-22(23,24)25/h3-9,12H,10-11,13-15H2,1-2H3,(H2,26,27,28). The van der Waals surface area contributed by atoms with E-state index in [1.807, 2.05) is 6.07 Å². The molecule has 0 unspecified atom stereocenters. The molecular formula is C22H26F3N3O2. The molecule has 3 rings (SSSR count). The molecule has 0 amide bonds. The molecule has 1 saturated carbocycles. The Morgan fingerprint density at radius 3 is 2.40 bits per heavy atom. The first-order valence-electron chi connectivity index (χ1n) is 9.72. The molecule has 1 aliphatic rings. The van der Waals surface area contributed by atoms with Crippen LogP contribution in [-0.2, 0) is 12.0 Å². The lowest BCUT2D eigenvalue weighted by Crippen LogP contribution is -2.40. The largest absolute Gasteiger partial charge is 0.493 e. The van der Waals surface area contributed by atoms with Gasteiger partial charge in [0, 0.05) is 25.6 Å². The number of ether oxygens (including phenoxy) is 2. The van der Waals surface area contributed by atoms with Gasteiger partial charge in [-0.1, -0.05) is 36.4 Å². The minimum atomic E-state index is -4.40. The number of aliphatic imine (C=N–C) groups is 1. The van der Waals surface area contributed by atoms with E-state index in [9.17, 15) is 13.2 Å². The van der Waals surface area contributed by atoms with Gasteiger partial charge >= 0.3 is 6.18 Å². The van der Waals surface area contributed by atoms with Crippen LogP contribution in [0.15, 0.2) is 53.5 Å². The molecular weight excluding hydrogens is 395 g/mol. The second-order valence-electron chi connectivity index (χ2n) is 7.31. The van der Waals surface area contributed by atoms with Crippen molar-refractivity contribution in [3.63, 3.8) is 0 Å². The third-order valence-corrected chi connectivity index (χ3v) is 5.14. The van der Waals surface area contributed by atoms with Gasteiger partial charge < -0.3 is 20.1 Å². The summed E-state index contributed by atoms with van der Waals surface area (Å²) in [5, 5.41) is 6.60. The van der Waals surface area contributed by atoms with Crippen molar-refractivity contribution < 1.29 is 22.6 Å². The number of methoxy groups -OCH3 is 1. The quantitative estimate of drug-likeness (QED) is 0.499. The first kappa shape index (κ1) is 21.8. The van der Waals surface area contributed by atoms with Gasteiger partial charge in [0.25, 0.3) is 0 Å². The molecule has 0 bridgehead atoms. The van der Waals surface area contributed by atoms with Gasteiger partial charge in [0.15, 0.2) is 24.1 Å². The lowest BCUT2D eigenvalue weighted by atomic mass is 9.96. The highest BCUT2D eigenvalue weighted by atomic mass is 19.4. The summed E-state index contributed by atoms with van der Waals surface area (Å²) >= 11 is 0. The van der Waals surface area contributed by atoms with Crippen molar-refractivity contribution >= 4 is 5.96 Å². The van der Waals surface area contributed by atoms with Crippen LogP contribution >= 0.6 is 0 Å². The number of rotatable bonds is 8. The zero-order valence-corrected chi connectivity index (χ0v) is 17.1. The highest BCUT2D eigenvalue weighted by Gasteiger charge is 2.44. The molecule has 0 saturated heterocycles. The van der Waals surface area contributed by atoms with Crippen LogP contribution in [0.5, 0.6) is 11.5 Å². The number of hydrogen-bond acceptors (Lipinski definition) is 3. The predicted molar refractivity (Wildman–Crippen MR) is 110 cm³/mol. The van der Waals surface area contributed by atoms with Crippen molar-refractivity contribution in [3.8, 4) is 11.5 Å². The minimum Gasteiger partial charge on any atom is -0.493 e. The van der Waals surface area contributed by atoms with Gasteiger partial charge in [-0.3, -0.25) is 4.99 Å². The summed E-state index contributed by atoms with van der Waals surface area (Å²) in [5.74, 6) is 0.968. The van der Waals surface area contributed by atoms with E-state index >= 15 is 0 Å². The highest BCUT2D eigenvalue weighted by molar-refractivity contribution is 5.79. The summed E-state index contributed by atoms with van der Waals surface area (Å²) < 4.78 is 47.1. The molecule has 30 heavy (non-hydrogen) atoms. The van der Waals surface area contributed by atoms with Gasteiger partial charge in [-0.15, -0.1) is 0 Å². The summed E-state index contributed by atoms with van der Waals surface area (Å²) in [6, 6.07) is 15.3. The van der Waals surface area contributed by atoms with Gasteiger partial charge in [0.05, 0.1) is 7.11 Å². The molecule has 0 aliphatic heterocycles. The summed E-state index contributed by atoms with van der Waals surface area (Å²) in [6.07, 6.45) is -2.13. The van der Waals surface area contributed by atoms with E-state index in [2.05, 4.69) is 39.9 Å². The summed E-state index contributed by atoms with van der Waals surface area (Å²) in [6.45, 7) is -0.140. The van der Waals surface area contributed by atoms with E-state index in [1.165, 1.54) is 18.7 Å². The van der Waals surface area contributed by atoms with E-state index in [1.54, 1.807) is 19.2 Å². The van der Waals surface area contributed by atoms with E-state index in [0.29, 0.717) is 12.5 Å². The number of nitrogens with zero attached hydrogens (tertiary/aromatic N) is 1. The predicted octanol–water partition coefficient (Wildman–Crippen LogP) is 4.03. The Hall–Kier alpha value is -2.90. The van der Waals surface area contributed by atoms with Crippen molar-refractivity contribution in [2.24, 2.45) is 4.99 Å². The lowest BCUT2D eigenvalue weighted by Gasteiger charge is -2.19. The van der Waals surface area contributed by atoms with E-state index in [4.69, 9.17) is 9.47 Å². The molecule has 162 valence electrons. The Labute approximate surface area is 174 Å². The van der Waals surface area contributed by atoms with Crippen LogP contribution < -0.4 is 20.1 Å². The molecule has 2 aromatic rings. The van der Waals surface area contributed by atoms with Gasteiger partial charge in [-0.2, -0.15) is 13.2 Å². The van der Waals surface area contributed by atoms with Gasteiger partial charge in [0.1, 0.15) is 0 Å². The third-order valence-electron chi connectivity index (χ3n) is 5.14. The number of alkyl halides is 3. The molecule has 1 aliphatic carbocycles. The van der Waals surface area contributed by atoms with Crippen LogP contribution in [0, 0.1) is 0 Å². The van der Waals surface area contributed by atoms with Gasteiger partial charge in [0.2, 0.25) is 0 Å². The fourth-order valence-electron chi connectivity index (χ4n) is 3.27. The fraction of sp³-hybridized carbons (Fsp3) is 0.409. The zero-order valence-electron chi connectivity index (χ0n) is 17.1. The Bertz CT molecular complexity index is 866. The molecule has 0 radical (unpaired) electrons. The molecule has 0 aromatic heterocycles. The number of hydrogen-bond donors (Lipinski definition) is 2. The van der Waals surface area contributed by atoms with E-state index < -0.39 is 12.8 Å². The van der Waals surface area contributed by atoms with Crippen LogP contribution in [0.1, 0.15) is 24.0 Å².